The smallest absolute Gasteiger partial charge is 0.252 e. The molecule has 0 aromatic heterocycles. The summed E-state index contributed by atoms with van der Waals surface area (Å²) in [5, 5.41) is 3.00. The minimum atomic E-state index is -0.622. The van der Waals surface area contributed by atoms with Crippen LogP contribution in [0.3, 0.4) is 0 Å². The third-order valence-electron chi connectivity index (χ3n) is 2.83. The van der Waals surface area contributed by atoms with Gasteiger partial charge in [-0.1, -0.05) is 39.0 Å². The van der Waals surface area contributed by atoms with Gasteiger partial charge in [-0.05, 0) is 37.3 Å². The number of carbonyl (C=O) groups excluding carboxylic acids is 1. The predicted molar refractivity (Wildman–Crippen MR) is 76.9 cm³/mol. The summed E-state index contributed by atoms with van der Waals surface area (Å²) in [6.07, 6.45) is 0.851. The Hall–Kier alpha value is -1.38. The van der Waals surface area contributed by atoms with E-state index in [2.05, 4.69) is 26.1 Å². The van der Waals surface area contributed by atoms with E-state index < -0.39 is 6.67 Å². The minimum absolute atomic E-state index is 0.121. The highest BCUT2D eigenvalue weighted by molar-refractivity contribution is 5.96. The van der Waals surface area contributed by atoms with Crippen molar-refractivity contribution < 1.29 is 9.18 Å². The van der Waals surface area contributed by atoms with E-state index in [1.807, 2.05) is 13.8 Å². The Labute approximate surface area is 115 Å². The molecule has 106 valence electrons. The molecule has 1 N–H and O–H groups in total. The zero-order chi connectivity index (χ0) is 14.7. The van der Waals surface area contributed by atoms with Crippen LogP contribution in [0.1, 0.15) is 57.0 Å². The standard InChI is InChI=1S/C16H24FNO/c1-15(2,3)11-16(4,5)18-14(19)13-9-7-6-8-12(13)10-17/h6-9H,10-11H2,1-5H3,(H,18,19). The Morgan fingerprint density at radius 2 is 1.74 bits per heavy atom. The Balaban J connectivity index is 2.85. The summed E-state index contributed by atoms with van der Waals surface area (Å²) in [6, 6.07) is 6.81. The summed E-state index contributed by atoms with van der Waals surface area (Å²) in [5.74, 6) is -0.206. The lowest BCUT2D eigenvalue weighted by molar-refractivity contribution is 0.0889. The average Bonchev–Trinajstić information content (AvgIpc) is 2.24. The second-order valence-corrected chi connectivity index (χ2v) is 6.87. The molecular formula is C16H24FNO. The SMILES string of the molecule is CC(C)(C)CC(C)(C)NC(=O)c1ccccc1CF. The van der Waals surface area contributed by atoms with Crippen LogP contribution in [0.25, 0.3) is 0 Å². The molecule has 0 aliphatic rings. The van der Waals surface area contributed by atoms with Gasteiger partial charge < -0.3 is 5.32 Å². The van der Waals surface area contributed by atoms with Gasteiger partial charge in [-0.3, -0.25) is 4.79 Å². The van der Waals surface area contributed by atoms with Crippen LogP contribution < -0.4 is 5.32 Å². The maximum absolute atomic E-state index is 12.9. The van der Waals surface area contributed by atoms with Crippen LogP contribution >= 0.6 is 0 Å². The van der Waals surface area contributed by atoms with Crippen LogP contribution in [0, 0.1) is 5.41 Å². The molecule has 0 saturated heterocycles. The van der Waals surface area contributed by atoms with Crippen molar-refractivity contribution in [2.24, 2.45) is 5.41 Å². The number of hydrogen-bond donors (Lipinski definition) is 1. The molecule has 1 aromatic carbocycles. The number of benzene rings is 1. The summed E-state index contributed by atoms with van der Waals surface area (Å²) in [7, 11) is 0. The molecule has 0 bridgehead atoms. The van der Waals surface area contributed by atoms with Crippen LogP contribution in [0.2, 0.25) is 0 Å². The molecule has 1 amide bonds. The first-order valence-electron chi connectivity index (χ1n) is 6.61. The second-order valence-electron chi connectivity index (χ2n) is 6.87. The van der Waals surface area contributed by atoms with Crippen molar-refractivity contribution >= 4 is 5.91 Å². The number of hydrogen-bond acceptors (Lipinski definition) is 1. The number of rotatable bonds is 4. The molecule has 0 saturated carbocycles. The summed E-state index contributed by atoms with van der Waals surface area (Å²) >= 11 is 0. The molecule has 0 atom stereocenters. The first-order chi connectivity index (χ1) is 8.64. The van der Waals surface area contributed by atoms with Gasteiger partial charge in [0, 0.05) is 11.1 Å². The second kappa shape index (κ2) is 5.72. The first kappa shape index (κ1) is 15.7. The van der Waals surface area contributed by atoms with Crippen LogP contribution in [0.5, 0.6) is 0 Å². The van der Waals surface area contributed by atoms with Crippen molar-refractivity contribution in [3.63, 3.8) is 0 Å². The van der Waals surface area contributed by atoms with Crippen molar-refractivity contribution in [3.05, 3.63) is 35.4 Å². The van der Waals surface area contributed by atoms with Crippen molar-refractivity contribution in [1.29, 1.82) is 0 Å². The van der Waals surface area contributed by atoms with Crippen molar-refractivity contribution in [3.8, 4) is 0 Å². The molecule has 2 nitrogen and oxygen atoms in total. The molecule has 19 heavy (non-hydrogen) atoms. The Morgan fingerprint density at radius 1 is 1.16 bits per heavy atom. The number of alkyl halides is 1. The van der Waals surface area contributed by atoms with Crippen molar-refractivity contribution in [1.82, 2.24) is 5.32 Å². The maximum Gasteiger partial charge on any atom is 0.252 e. The fourth-order valence-electron chi connectivity index (χ4n) is 2.60. The van der Waals surface area contributed by atoms with Crippen LogP contribution in [0.4, 0.5) is 4.39 Å². The highest BCUT2D eigenvalue weighted by Crippen LogP contribution is 2.27. The third-order valence-corrected chi connectivity index (χ3v) is 2.83. The van der Waals surface area contributed by atoms with Crippen molar-refractivity contribution in [2.45, 2.75) is 53.3 Å². The molecule has 0 fully saturated rings. The van der Waals surface area contributed by atoms with Gasteiger partial charge in [-0.2, -0.15) is 0 Å². The number of nitrogens with one attached hydrogen (secondary N) is 1. The predicted octanol–water partition coefficient (Wildman–Crippen LogP) is 4.10. The molecule has 0 unspecified atom stereocenters. The van der Waals surface area contributed by atoms with E-state index in [1.165, 1.54) is 0 Å². The van der Waals surface area contributed by atoms with E-state index >= 15 is 0 Å². The fraction of sp³-hybridized carbons (Fsp3) is 0.562. The van der Waals surface area contributed by atoms with E-state index in [-0.39, 0.29) is 16.9 Å². The highest BCUT2D eigenvalue weighted by Gasteiger charge is 2.27. The van der Waals surface area contributed by atoms with Gasteiger partial charge in [0.05, 0.1) is 0 Å². The molecule has 0 aliphatic carbocycles. The summed E-state index contributed by atoms with van der Waals surface area (Å²) in [5.41, 5.74) is 0.661. The van der Waals surface area contributed by atoms with E-state index in [4.69, 9.17) is 0 Å². The number of carbonyl (C=O) groups is 1. The number of amides is 1. The molecule has 0 radical (unpaired) electrons. The molecule has 1 aromatic rings. The van der Waals surface area contributed by atoms with Gasteiger partial charge >= 0.3 is 0 Å². The summed E-state index contributed by atoms with van der Waals surface area (Å²) < 4.78 is 12.9. The lowest BCUT2D eigenvalue weighted by atomic mass is 9.81. The van der Waals surface area contributed by atoms with E-state index in [0.29, 0.717) is 11.1 Å². The minimum Gasteiger partial charge on any atom is -0.347 e. The monoisotopic (exact) mass is 265 g/mol. The Morgan fingerprint density at radius 3 is 2.26 bits per heavy atom. The van der Waals surface area contributed by atoms with Gasteiger partial charge in [-0.25, -0.2) is 4.39 Å². The topological polar surface area (TPSA) is 29.1 Å². The van der Waals surface area contributed by atoms with Gasteiger partial charge in [0.2, 0.25) is 0 Å². The normalized spacial score (nSPS) is 12.3. The lowest BCUT2D eigenvalue weighted by Gasteiger charge is -2.33. The molecule has 0 aliphatic heterocycles. The summed E-state index contributed by atoms with van der Waals surface area (Å²) in [6.45, 7) is 9.77. The zero-order valence-corrected chi connectivity index (χ0v) is 12.5. The largest absolute Gasteiger partial charge is 0.347 e. The first-order valence-corrected chi connectivity index (χ1v) is 6.61. The van der Waals surface area contributed by atoms with Crippen LogP contribution in [0.15, 0.2) is 24.3 Å². The Bertz CT molecular complexity index is 446. The molecule has 0 spiro atoms. The zero-order valence-electron chi connectivity index (χ0n) is 12.5. The maximum atomic E-state index is 12.9. The number of halogens is 1. The quantitative estimate of drug-likeness (QED) is 0.872. The van der Waals surface area contributed by atoms with E-state index in [9.17, 15) is 9.18 Å². The van der Waals surface area contributed by atoms with Gasteiger partial charge in [-0.15, -0.1) is 0 Å². The molecule has 3 heteroatoms. The van der Waals surface area contributed by atoms with Gasteiger partial charge in [0.15, 0.2) is 0 Å². The molecular weight excluding hydrogens is 241 g/mol. The summed E-state index contributed by atoms with van der Waals surface area (Å²) in [4.78, 5) is 12.2. The van der Waals surface area contributed by atoms with E-state index in [1.54, 1.807) is 24.3 Å². The fourth-order valence-corrected chi connectivity index (χ4v) is 2.60. The Kier molecular flexibility index (Phi) is 4.72. The van der Waals surface area contributed by atoms with Crippen LogP contribution in [-0.4, -0.2) is 11.4 Å². The van der Waals surface area contributed by atoms with Gasteiger partial charge in [0.25, 0.3) is 5.91 Å². The van der Waals surface area contributed by atoms with Gasteiger partial charge in [0.1, 0.15) is 6.67 Å². The van der Waals surface area contributed by atoms with Crippen molar-refractivity contribution in [2.75, 3.05) is 0 Å². The molecule has 1 rings (SSSR count). The average molecular weight is 265 g/mol. The lowest BCUT2D eigenvalue weighted by Crippen LogP contribution is -2.46. The van der Waals surface area contributed by atoms with E-state index in [0.717, 1.165) is 6.42 Å². The highest BCUT2D eigenvalue weighted by atomic mass is 19.1. The van der Waals surface area contributed by atoms with Crippen LogP contribution in [-0.2, 0) is 6.67 Å². The third kappa shape index (κ3) is 5.01. The molecule has 0 heterocycles.